The molecule has 3 aromatic rings. The first-order chi connectivity index (χ1) is 18.6. The van der Waals surface area contributed by atoms with E-state index >= 15 is 0 Å². The number of alkyl halides is 3. The first-order valence-corrected chi connectivity index (χ1v) is 12.1. The summed E-state index contributed by atoms with van der Waals surface area (Å²) in [6, 6.07) is 19.3. The van der Waals surface area contributed by atoms with Gasteiger partial charge in [0, 0.05) is 18.9 Å². The maximum atomic E-state index is 12.8. The molecule has 1 aliphatic rings. The third kappa shape index (κ3) is 7.28. The van der Waals surface area contributed by atoms with E-state index in [0.717, 1.165) is 34.4 Å². The maximum Gasteiger partial charge on any atom is 0.573 e. The van der Waals surface area contributed by atoms with E-state index in [9.17, 15) is 27.6 Å². The fourth-order valence-corrected chi connectivity index (χ4v) is 4.48. The van der Waals surface area contributed by atoms with Crippen molar-refractivity contribution >= 4 is 18.0 Å². The van der Waals surface area contributed by atoms with Crippen LogP contribution in [0.1, 0.15) is 35.4 Å². The molecule has 1 atom stereocenters. The van der Waals surface area contributed by atoms with E-state index in [1.165, 1.54) is 12.1 Å². The van der Waals surface area contributed by atoms with Crippen LogP contribution in [-0.4, -0.2) is 42.1 Å². The monoisotopic (exact) mass is 542 g/mol. The summed E-state index contributed by atoms with van der Waals surface area (Å²) < 4.78 is 46.8. The Hall–Kier alpha value is -4.54. The molecule has 0 spiro atoms. The number of rotatable bonds is 10. The standard InChI is InChI=1S/C28H25F3N2O6/c29-28(30,31)39-18-7-5-6-17(14-18)15-32-26(36)24(12-13-25(34)35)33-27(37)38-16-23-21-10-3-1-8-19(21)20-9-2-4-11-22(20)23/h1-11,14,23-24H,12-13,15-16H2,(H,32,36)(H,33,37)(H,34,35)/t24-/m0/s1. The second-order valence-corrected chi connectivity index (χ2v) is 8.87. The molecule has 0 radical (unpaired) electrons. The normalized spacial score (nSPS) is 13.1. The zero-order valence-corrected chi connectivity index (χ0v) is 20.5. The number of amides is 2. The van der Waals surface area contributed by atoms with Crippen LogP contribution in [-0.2, 0) is 20.9 Å². The Bertz CT molecular complexity index is 1320. The molecular formula is C28H25F3N2O6. The van der Waals surface area contributed by atoms with Crippen LogP contribution in [0, 0.1) is 0 Å². The summed E-state index contributed by atoms with van der Waals surface area (Å²) in [5, 5.41) is 14.0. The predicted molar refractivity (Wildman–Crippen MR) is 134 cm³/mol. The van der Waals surface area contributed by atoms with E-state index < -0.39 is 42.5 Å². The van der Waals surface area contributed by atoms with Gasteiger partial charge in [-0.2, -0.15) is 0 Å². The molecule has 0 saturated carbocycles. The predicted octanol–water partition coefficient (Wildman–Crippen LogP) is 4.97. The number of benzene rings is 3. The Morgan fingerprint density at radius 1 is 0.923 bits per heavy atom. The molecule has 1 aliphatic carbocycles. The van der Waals surface area contributed by atoms with E-state index in [2.05, 4.69) is 15.4 Å². The first kappa shape index (κ1) is 27.5. The van der Waals surface area contributed by atoms with Crippen LogP contribution in [0.25, 0.3) is 11.1 Å². The van der Waals surface area contributed by atoms with Crippen molar-refractivity contribution in [1.29, 1.82) is 0 Å². The molecule has 0 heterocycles. The van der Waals surface area contributed by atoms with E-state index in [1.807, 2.05) is 48.5 Å². The van der Waals surface area contributed by atoms with Crippen LogP contribution in [0.3, 0.4) is 0 Å². The van der Waals surface area contributed by atoms with E-state index in [4.69, 9.17) is 9.84 Å². The molecule has 0 aromatic heterocycles. The van der Waals surface area contributed by atoms with Crippen LogP contribution in [0.2, 0.25) is 0 Å². The van der Waals surface area contributed by atoms with Crippen molar-refractivity contribution in [2.45, 2.75) is 37.7 Å². The fourth-order valence-electron chi connectivity index (χ4n) is 4.48. The topological polar surface area (TPSA) is 114 Å². The van der Waals surface area contributed by atoms with E-state index in [1.54, 1.807) is 0 Å². The van der Waals surface area contributed by atoms with Crippen molar-refractivity contribution in [3.63, 3.8) is 0 Å². The summed E-state index contributed by atoms with van der Waals surface area (Å²) in [5.74, 6) is -2.54. The summed E-state index contributed by atoms with van der Waals surface area (Å²) in [5.41, 5.74) is 4.41. The first-order valence-electron chi connectivity index (χ1n) is 12.1. The summed E-state index contributed by atoms with van der Waals surface area (Å²) >= 11 is 0. The molecule has 3 aromatic carbocycles. The highest BCUT2D eigenvalue weighted by Crippen LogP contribution is 2.44. The molecule has 0 unspecified atom stereocenters. The molecular weight excluding hydrogens is 517 g/mol. The largest absolute Gasteiger partial charge is 0.573 e. The van der Waals surface area contributed by atoms with Gasteiger partial charge in [-0.3, -0.25) is 9.59 Å². The van der Waals surface area contributed by atoms with Gasteiger partial charge < -0.3 is 25.2 Å². The third-order valence-corrected chi connectivity index (χ3v) is 6.20. The Morgan fingerprint density at radius 3 is 2.18 bits per heavy atom. The summed E-state index contributed by atoms with van der Waals surface area (Å²) in [7, 11) is 0. The molecule has 0 saturated heterocycles. The lowest BCUT2D eigenvalue weighted by Crippen LogP contribution is -2.47. The van der Waals surface area contributed by atoms with Crippen molar-refractivity contribution in [2.75, 3.05) is 6.61 Å². The van der Waals surface area contributed by atoms with Crippen LogP contribution in [0.4, 0.5) is 18.0 Å². The van der Waals surface area contributed by atoms with Crippen molar-refractivity contribution in [2.24, 2.45) is 0 Å². The minimum atomic E-state index is -4.86. The van der Waals surface area contributed by atoms with Gasteiger partial charge in [0.05, 0.1) is 0 Å². The van der Waals surface area contributed by atoms with Gasteiger partial charge >= 0.3 is 18.4 Å². The second kappa shape index (κ2) is 11.9. The van der Waals surface area contributed by atoms with Crippen molar-refractivity contribution in [3.8, 4) is 16.9 Å². The molecule has 0 bridgehead atoms. The molecule has 0 aliphatic heterocycles. The number of carboxylic acids is 1. The number of fused-ring (bicyclic) bond motifs is 3. The molecule has 11 heteroatoms. The zero-order chi connectivity index (χ0) is 28.0. The molecule has 204 valence electrons. The van der Waals surface area contributed by atoms with Gasteiger partial charge in [0.1, 0.15) is 18.4 Å². The molecule has 3 N–H and O–H groups in total. The molecule has 4 rings (SSSR count). The lowest BCUT2D eigenvalue weighted by atomic mass is 9.98. The number of hydrogen-bond acceptors (Lipinski definition) is 5. The lowest BCUT2D eigenvalue weighted by molar-refractivity contribution is -0.274. The van der Waals surface area contributed by atoms with Crippen LogP contribution >= 0.6 is 0 Å². The highest BCUT2D eigenvalue weighted by atomic mass is 19.4. The number of carboxylic acid groups (broad SMARTS) is 1. The van der Waals surface area contributed by atoms with Gasteiger partial charge in [-0.1, -0.05) is 60.7 Å². The number of carbonyl (C=O) groups is 3. The summed E-state index contributed by atoms with van der Waals surface area (Å²) in [6.45, 7) is -0.178. The average molecular weight is 543 g/mol. The van der Waals surface area contributed by atoms with Gasteiger partial charge in [0.15, 0.2) is 0 Å². The van der Waals surface area contributed by atoms with Gasteiger partial charge in [-0.15, -0.1) is 13.2 Å². The Labute approximate surface area is 221 Å². The van der Waals surface area contributed by atoms with Gasteiger partial charge in [0.2, 0.25) is 5.91 Å². The van der Waals surface area contributed by atoms with Crippen molar-refractivity contribution in [1.82, 2.24) is 10.6 Å². The minimum Gasteiger partial charge on any atom is -0.481 e. The number of carbonyl (C=O) groups excluding carboxylic acids is 2. The SMILES string of the molecule is O=C(O)CC[C@H](NC(=O)OCC1c2ccccc2-c2ccccc21)C(=O)NCc1cccc(OC(F)(F)F)c1. The van der Waals surface area contributed by atoms with E-state index in [0.29, 0.717) is 5.56 Å². The maximum absolute atomic E-state index is 12.8. The number of aliphatic carboxylic acids is 1. The van der Waals surface area contributed by atoms with Crippen LogP contribution < -0.4 is 15.4 Å². The Morgan fingerprint density at radius 2 is 1.56 bits per heavy atom. The molecule has 2 amide bonds. The summed E-state index contributed by atoms with van der Waals surface area (Å²) in [6.07, 6.45) is -6.39. The highest BCUT2D eigenvalue weighted by molar-refractivity contribution is 5.86. The Balaban J connectivity index is 1.37. The van der Waals surface area contributed by atoms with Gasteiger partial charge in [-0.25, -0.2) is 4.79 Å². The Kier molecular flexibility index (Phi) is 8.38. The third-order valence-electron chi connectivity index (χ3n) is 6.20. The van der Waals surface area contributed by atoms with Crippen molar-refractivity contribution < 1.29 is 42.1 Å². The van der Waals surface area contributed by atoms with Crippen LogP contribution in [0.15, 0.2) is 72.8 Å². The minimum absolute atomic E-state index is 0.000866. The van der Waals surface area contributed by atoms with Gasteiger partial charge in [-0.05, 0) is 46.4 Å². The van der Waals surface area contributed by atoms with E-state index in [-0.39, 0.29) is 25.5 Å². The number of halogens is 3. The van der Waals surface area contributed by atoms with Crippen molar-refractivity contribution in [3.05, 3.63) is 89.5 Å². The summed E-state index contributed by atoms with van der Waals surface area (Å²) in [4.78, 5) is 36.5. The quantitative estimate of drug-likeness (QED) is 0.333. The molecule has 39 heavy (non-hydrogen) atoms. The molecule has 8 nitrogen and oxygen atoms in total. The second-order valence-electron chi connectivity index (χ2n) is 8.87. The number of ether oxygens (including phenoxy) is 2. The van der Waals surface area contributed by atoms with Crippen LogP contribution in [0.5, 0.6) is 5.75 Å². The number of nitrogens with one attached hydrogen (secondary N) is 2. The number of hydrogen-bond donors (Lipinski definition) is 3. The lowest BCUT2D eigenvalue weighted by Gasteiger charge is -2.19. The fraction of sp³-hybridized carbons (Fsp3) is 0.250. The average Bonchev–Trinajstić information content (AvgIpc) is 3.21. The molecule has 0 fully saturated rings. The highest BCUT2D eigenvalue weighted by Gasteiger charge is 2.31. The smallest absolute Gasteiger partial charge is 0.481 e. The van der Waals surface area contributed by atoms with Gasteiger partial charge in [0.25, 0.3) is 0 Å². The number of alkyl carbamates (subject to hydrolysis) is 1. The zero-order valence-electron chi connectivity index (χ0n) is 20.5.